The van der Waals surface area contributed by atoms with Gasteiger partial charge in [-0.25, -0.2) is 0 Å². The van der Waals surface area contributed by atoms with Crippen LogP contribution in [0, 0.1) is 5.92 Å². The summed E-state index contributed by atoms with van der Waals surface area (Å²) in [4.78, 5) is 11.3. The van der Waals surface area contributed by atoms with Crippen molar-refractivity contribution < 1.29 is 31.1 Å². The zero-order chi connectivity index (χ0) is 15.7. The normalized spacial score (nSPS) is 12.8. The Morgan fingerprint density at radius 1 is 1.15 bits per heavy atom. The van der Waals surface area contributed by atoms with Crippen LogP contribution in [-0.4, -0.2) is 18.1 Å². The summed E-state index contributed by atoms with van der Waals surface area (Å²) in [5.41, 5.74) is -0.0987. The Morgan fingerprint density at radius 3 is 2.05 bits per heavy atom. The lowest BCUT2D eigenvalue weighted by atomic mass is 9.96. The van der Waals surface area contributed by atoms with E-state index in [0.29, 0.717) is 4.47 Å². The molecule has 0 saturated heterocycles. The predicted octanol–water partition coefficient (Wildman–Crippen LogP) is 4.95. The lowest BCUT2D eigenvalue weighted by Crippen LogP contribution is -2.43. The van der Waals surface area contributed by atoms with E-state index in [1.54, 1.807) is 0 Å². The number of Topliss-reactive ketones (excluding diaryl/α,β-unsaturated/α-hetero) is 1. The summed E-state index contributed by atoms with van der Waals surface area (Å²) in [7, 11) is 0. The van der Waals surface area contributed by atoms with Crippen molar-refractivity contribution in [1.82, 2.24) is 0 Å². The smallest absolute Gasteiger partial charge is 0.298 e. The largest absolute Gasteiger partial charge is 0.407 e. The highest BCUT2D eigenvalue weighted by molar-refractivity contribution is 9.10. The van der Waals surface area contributed by atoms with E-state index >= 15 is 0 Å². The summed E-state index contributed by atoms with van der Waals surface area (Å²) in [5, 5.41) is -0.0872. The van der Waals surface area contributed by atoms with Crippen molar-refractivity contribution in [1.29, 1.82) is 0 Å². The van der Waals surface area contributed by atoms with Gasteiger partial charge >= 0.3 is 12.4 Å². The molecular formula is C11H6BrClF6O. The molecule has 0 heterocycles. The molecule has 1 aromatic carbocycles. The first kappa shape index (κ1) is 17.3. The van der Waals surface area contributed by atoms with E-state index in [4.69, 9.17) is 11.6 Å². The first-order chi connectivity index (χ1) is 8.93. The molecule has 0 N–H and O–H groups in total. The minimum atomic E-state index is -5.68. The maximum Gasteiger partial charge on any atom is 0.407 e. The second-order valence-corrected chi connectivity index (χ2v) is 5.22. The Balaban J connectivity index is 3.04. The number of ketones is 1. The van der Waals surface area contributed by atoms with Crippen molar-refractivity contribution in [3.8, 4) is 0 Å². The second kappa shape index (κ2) is 5.93. The molecule has 0 aliphatic carbocycles. The van der Waals surface area contributed by atoms with E-state index in [1.807, 2.05) is 0 Å². The van der Waals surface area contributed by atoms with Crippen LogP contribution in [0.4, 0.5) is 26.3 Å². The van der Waals surface area contributed by atoms with E-state index < -0.39 is 30.5 Å². The number of rotatable bonds is 3. The zero-order valence-electron chi connectivity index (χ0n) is 9.45. The molecule has 9 heteroatoms. The number of carbonyl (C=O) groups excluding carboxylic acids is 1. The van der Waals surface area contributed by atoms with Crippen LogP contribution in [0.15, 0.2) is 22.7 Å². The van der Waals surface area contributed by atoms with E-state index in [0.717, 1.165) is 0 Å². The Bertz CT molecular complexity index is 497. The van der Waals surface area contributed by atoms with Crippen molar-refractivity contribution in [2.24, 2.45) is 5.92 Å². The van der Waals surface area contributed by atoms with Gasteiger partial charge in [-0.05, 0) is 17.7 Å². The zero-order valence-corrected chi connectivity index (χ0v) is 11.8. The van der Waals surface area contributed by atoms with E-state index in [1.165, 1.54) is 18.2 Å². The van der Waals surface area contributed by atoms with Crippen molar-refractivity contribution in [2.45, 2.75) is 18.8 Å². The van der Waals surface area contributed by atoms with Crippen molar-refractivity contribution in [3.05, 3.63) is 33.3 Å². The van der Waals surface area contributed by atoms with Crippen LogP contribution in [0.3, 0.4) is 0 Å². The molecule has 0 saturated carbocycles. The van der Waals surface area contributed by atoms with Gasteiger partial charge < -0.3 is 0 Å². The average Bonchev–Trinajstić information content (AvgIpc) is 2.17. The van der Waals surface area contributed by atoms with Crippen molar-refractivity contribution in [2.75, 3.05) is 0 Å². The van der Waals surface area contributed by atoms with Crippen LogP contribution >= 0.6 is 27.5 Å². The minimum absolute atomic E-state index is 0.0872. The molecule has 0 fully saturated rings. The van der Waals surface area contributed by atoms with Gasteiger partial charge in [0.15, 0.2) is 5.78 Å². The summed E-state index contributed by atoms with van der Waals surface area (Å²) in [6, 6.07) is 3.83. The van der Waals surface area contributed by atoms with Gasteiger partial charge in [-0.1, -0.05) is 33.6 Å². The number of hydrogen-bond acceptors (Lipinski definition) is 1. The van der Waals surface area contributed by atoms with Crippen molar-refractivity contribution in [3.63, 3.8) is 0 Å². The fourth-order valence-electron chi connectivity index (χ4n) is 1.51. The summed E-state index contributed by atoms with van der Waals surface area (Å²) in [6.45, 7) is 0. The van der Waals surface area contributed by atoms with Gasteiger partial charge in [0.25, 0.3) is 0 Å². The van der Waals surface area contributed by atoms with Crippen LogP contribution in [0.2, 0.25) is 5.02 Å². The van der Waals surface area contributed by atoms with E-state index in [-0.39, 0.29) is 10.6 Å². The summed E-state index contributed by atoms with van der Waals surface area (Å²) in [5.74, 6) is -6.00. The van der Waals surface area contributed by atoms with Crippen LogP contribution < -0.4 is 0 Å². The molecule has 20 heavy (non-hydrogen) atoms. The highest BCUT2D eigenvalue weighted by atomic mass is 79.9. The molecular weight excluding hydrogens is 377 g/mol. The maximum atomic E-state index is 12.4. The molecule has 1 aromatic rings. The standard InChI is InChI=1S/C11H6BrClF6O/c12-6-2-1-5(7(13)4-6)3-8(20)9(10(14,15)16)11(17,18)19/h1-2,4,9H,3H2. The van der Waals surface area contributed by atoms with E-state index in [2.05, 4.69) is 15.9 Å². The molecule has 0 radical (unpaired) electrons. The fourth-order valence-corrected chi connectivity index (χ4v) is 2.25. The molecule has 0 spiro atoms. The average molecular weight is 384 g/mol. The fraction of sp³-hybridized carbons (Fsp3) is 0.364. The number of alkyl halides is 6. The van der Waals surface area contributed by atoms with Crippen LogP contribution in [0.25, 0.3) is 0 Å². The lowest BCUT2D eigenvalue weighted by molar-refractivity contribution is -0.273. The van der Waals surface area contributed by atoms with Gasteiger partial charge in [0, 0.05) is 15.9 Å². The summed E-state index contributed by atoms with van der Waals surface area (Å²) < 4.78 is 74.6. The second-order valence-electron chi connectivity index (χ2n) is 3.90. The number of halogens is 8. The quantitative estimate of drug-likeness (QED) is 0.675. The lowest BCUT2D eigenvalue weighted by Gasteiger charge is -2.21. The summed E-state index contributed by atoms with van der Waals surface area (Å²) >= 11 is 8.69. The maximum absolute atomic E-state index is 12.4. The Labute approximate surface area is 123 Å². The van der Waals surface area contributed by atoms with Gasteiger partial charge in [0.05, 0.1) is 0 Å². The highest BCUT2D eigenvalue weighted by Crippen LogP contribution is 2.40. The Morgan fingerprint density at radius 2 is 1.65 bits per heavy atom. The molecule has 1 nitrogen and oxygen atoms in total. The monoisotopic (exact) mass is 382 g/mol. The van der Waals surface area contributed by atoms with Crippen molar-refractivity contribution >= 4 is 33.3 Å². The predicted molar refractivity (Wildman–Crippen MR) is 63.5 cm³/mol. The van der Waals surface area contributed by atoms with Gasteiger partial charge in [-0.3, -0.25) is 4.79 Å². The topological polar surface area (TPSA) is 17.1 Å². The van der Waals surface area contributed by atoms with Gasteiger partial charge in [0.1, 0.15) is 0 Å². The molecule has 0 aromatic heterocycles. The van der Waals surface area contributed by atoms with Gasteiger partial charge in [-0.15, -0.1) is 0 Å². The third-order valence-electron chi connectivity index (χ3n) is 2.36. The highest BCUT2D eigenvalue weighted by Gasteiger charge is 2.60. The number of carbonyl (C=O) groups is 1. The first-order valence-electron chi connectivity index (χ1n) is 5.03. The van der Waals surface area contributed by atoms with Crippen LogP contribution in [0.1, 0.15) is 5.56 Å². The number of hydrogen-bond donors (Lipinski definition) is 0. The molecule has 0 unspecified atom stereocenters. The third-order valence-corrected chi connectivity index (χ3v) is 3.20. The van der Waals surface area contributed by atoms with E-state index in [9.17, 15) is 31.1 Å². The number of benzene rings is 1. The molecule has 0 bridgehead atoms. The molecule has 0 amide bonds. The Hall–Kier alpha value is -0.760. The first-order valence-corrected chi connectivity index (χ1v) is 6.20. The van der Waals surface area contributed by atoms with Gasteiger partial charge in [-0.2, -0.15) is 26.3 Å². The molecule has 112 valence electrons. The molecule has 1 rings (SSSR count). The summed E-state index contributed by atoms with van der Waals surface area (Å²) in [6.07, 6.45) is -12.4. The van der Waals surface area contributed by atoms with Crippen LogP contribution in [-0.2, 0) is 11.2 Å². The van der Waals surface area contributed by atoms with Crippen LogP contribution in [0.5, 0.6) is 0 Å². The third kappa shape index (κ3) is 4.37. The minimum Gasteiger partial charge on any atom is -0.298 e. The molecule has 0 aliphatic rings. The Kier molecular flexibility index (Phi) is 5.13. The molecule has 0 atom stereocenters. The molecule has 0 aliphatic heterocycles. The van der Waals surface area contributed by atoms with Gasteiger partial charge in [0.2, 0.25) is 5.92 Å². The SMILES string of the molecule is O=C(Cc1ccc(Br)cc1Cl)C(C(F)(F)F)C(F)(F)F.